The maximum atomic E-state index is 12.5. The van der Waals surface area contributed by atoms with Gasteiger partial charge in [0.25, 0.3) is 0 Å². The lowest BCUT2D eigenvalue weighted by Gasteiger charge is -2.35. The molecule has 3 rings (SSSR count). The molecule has 0 radical (unpaired) electrons. The third-order valence-corrected chi connectivity index (χ3v) is 5.61. The van der Waals surface area contributed by atoms with Crippen molar-refractivity contribution < 1.29 is 22.8 Å². The van der Waals surface area contributed by atoms with Crippen molar-refractivity contribution in [3.05, 3.63) is 54.6 Å². The van der Waals surface area contributed by atoms with Crippen molar-refractivity contribution in [1.29, 1.82) is 0 Å². The maximum Gasteiger partial charge on any atom is 0.446 e. The zero-order valence-electron chi connectivity index (χ0n) is 16.9. The predicted octanol–water partition coefficient (Wildman–Crippen LogP) is 4.11. The maximum absolute atomic E-state index is 12.5. The Kier molecular flexibility index (Phi) is 7.45. The Hall–Kier alpha value is -2.72. The SMILES string of the molecule is CN(C(=O)CN1CCN(C(=O)Nc2ccc(SC(F)(F)F)cc2)CC1)c1ccccc1. The molecule has 0 saturated carbocycles. The minimum atomic E-state index is -4.35. The van der Waals surface area contributed by atoms with Crippen molar-refractivity contribution in [2.75, 3.05) is 50.0 Å². The van der Waals surface area contributed by atoms with Gasteiger partial charge in [0, 0.05) is 49.5 Å². The molecule has 1 saturated heterocycles. The smallest absolute Gasteiger partial charge is 0.322 e. The zero-order chi connectivity index (χ0) is 22.4. The molecule has 0 unspecified atom stereocenters. The average molecular weight is 453 g/mol. The number of carbonyl (C=O) groups is 2. The normalized spacial score (nSPS) is 14.9. The van der Waals surface area contributed by atoms with Gasteiger partial charge in [-0.3, -0.25) is 9.69 Å². The molecule has 31 heavy (non-hydrogen) atoms. The fourth-order valence-electron chi connectivity index (χ4n) is 3.14. The Morgan fingerprint density at radius 2 is 1.61 bits per heavy atom. The van der Waals surface area contributed by atoms with Crippen LogP contribution >= 0.6 is 11.8 Å². The molecule has 3 amide bonds. The number of hydrogen-bond acceptors (Lipinski definition) is 4. The van der Waals surface area contributed by atoms with Crippen LogP contribution in [0.5, 0.6) is 0 Å². The number of para-hydroxylation sites is 1. The lowest BCUT2D eigenvalue weighted by atomic mass is 10.2. The van der Waals surface area contributed by atoms with Crippen LogP contribution in [-0.2, 0) is 4.79 Å². The number of urea groups is 1. The second-order valence-corrected chi connectivity index (χ2v) is 8.19. The van der Waals surface area contributed by atoms with E-state index in [9.17, 15) is 22.8 Å². The first kappa shape index (κ1) is 23.0. The molecule has 166 valence electrons. The highest BCUT2D eigenvalue weighted by Crippen LogP contribution is 2.37. The van der Waals surface area contributed by atoms with Crippen LogP contribution in [0.25, 0.3) is 0 Å². The highest BCUT2D eigenvalue weighted by atomic mass is 32.2. The molecule has 2 aromatic rings. The van der Waals surface area contributed by atoms with Gasteiger partial charge in [-0.25, -0.2) is 4.79 Å². The van der Waals surface area contributed by atoms with E-state index in [1.54, 1.807) is 16.8 Å². The van der Waals surface area contributed by atoms with Crippen molar-refractivity contribution in [3.63, 3.8) is 0 Å². The lowest BCUT2D eigenvalue weighted by molar-refractivity contribution is -0.119. The van der Waals surface area contributed by atoms with Crippen LogP contribution in [0, 0.1) is 0 Å². The van der Waals surface area contributed by atoms with Gasteiger partial charge in [-0.1, -0.05) is 18.2 Å². The fraction of sp³-hybridized carbons (Fsp3) is 0.333. The number of likely N-dealkylation sites (N-methyl/N-ethyl adjacent to an activating group) is 1. The number of carbonyl (C=O) groups excluding carboxylic acids is 2. The summed E-state index contributed by atoms with van der Waals surface area (Å²) in [7, 11) is 1.74. The standard InChI is InChI=1S/C21H23F3N4O2S/c1-26(17-5-3-2-4-6-17)19(29)15-27-11-13-28(14-12-27)20(30)25-16-7-9-18(10-8-16)31-21(22,23)24/h2-10H,11-15H2,1H3,(H,25,30). The number of thioether (sulfide) groups is 1. The predicted molar refractivity (Wildman–Crippen MR) is 115 cm³/mol. The van der Waals surface area contributed by atoms with E-state index < -0.39 is 5.51 Å². The summed E-state index contributed by atoms with van der Waals surface area (Å²) in [5.41, 5.74) is -3.09. The molecule has 10 heteroatoms. The molecule has 1 N–H and O–H groups in total. The molecule has 0 spiro atoms. The van der Waals surface area contributed by atoms with Gasteiger partial charge in [0.2, 0.25) is 5.91 Å². The van der Waals surface area contributed by atoms with E-state index in [1.165, 1.54) is 24.3 Å². The van der Waals surface area contributed by atoms with E-state index in [0.29, 0.717) is 31.9 Å². The molecule has 6 nitrogen and oxygen atoms in total. The third kappa shape index (κ3) is 6.90. The van der Waals surface area contributed by atoms with Crippen LogP contribution in [0.1, 0.15) is 0 Å². The van der Waals surface area contributed by atoms with Gasteiger partial charge in [-0.2, -0.15) is 13.2 Å². The van der Waals surface area contributed by atoms with Gasteiger partial charge >= 0.3 is 11.5 Å². The zero-order valence-corrected chi connectivity index (χ0v) is 17.7. The highest BCUT2D eigenvalue weighted by Gasteiger charge is 2.29. The van der Waals surface area contributed by atoms with Gasteiger partial charge in [-0.15, -0.1) is 0 Å². The van der Waals surface area contributed by atoms with Crippen LogP contribution in [0.4, 0.5) is 29.3 Å². The number of piperazine rings is 1. The van der Waals surface area contributed by atoms with E-state index in [4.69, 9.17) is 0 Å². The summed E-state index contributed by atoms with van der Waals surface area (Å²) in [4.78, 5) is 30.2. The number of nitrogens with zero attached hydrogens (tertiary/aromatic N) is 3. The molecule has 0 atom stereocenters. The first-order valence-electron chi connectivity index (χ1n) is 9.67. The van der Waals surface area contributed by atoms with Crippen molar-refractivity contribution >= 4 is 35.1 Å². The minimum Gasteiger partial charge on any atom is -0.322 e. The first-order valence-corrected chi connectivity index (χ1v) is 10.5. The number of hydrogen-bond donors (Lipinski definition) is 1. The minimum absolute atomic E-state index is 0.0269. The number of anilines is 2. The number of amides is 3. The average Bonchev–Trinajstić information content (AvgIpc) is 2.74. The van der Waals surface area contributed by atoms with Gasteiger partial charge in [0.15, 0.2) is 0 Å². The van der Waals surface area contributed by atoms with Crippen molar-refractivity contribution in [1.82, 2.24) is 9.80 Å². The van der Waals surface area contributed by atoms with E-state index >= 15 is 0 Å². The number of nitrogens with one attached hydrogen (secondary N) is 1. The summed E-state index contributed by atoms with van der Waals surface area (Å²) in [6.45, 7) is 2.29. The van der Waals surface area contributed by atoms with Crippen LogP contribution in [-0.4, -0.2) is 67.0 Å². The van der Waals surface area contributed by atoms with Gasteiger partial charge in [-0.05, 0) is 48.2 Å². The molecule has 0 bridgehead atoms. The second-order valence-electron chi connectivity index (χ2n) is 7.05. The number of rotatable bonds is 5. The molecular formula is C21H23F3N4O2S. The Morgan fingerprint density at radius 1 is 1.00 bits per heavy atom. The summed E-state index contributed by atoms with van der Waals surface area (Å²) in [6.07, 6.45) is 0. The Balaban J connectivity index is 1.45. The highest BCUT2D eigenvalue weighted by molar-refractivity contribution is 8.00. The molecule has 0 aromatic heterocycles. The van der Waals surface area contributed by atoms with E-state index in [1.807, 2.05) is 35.2 Å². The van der Waals surface area contributed by atoms with E-state index in [0.717, 1.165) is 5.69 Å². The van der Waals surface area contributed by atoms with E-state index in [-0.39, 0.29) is 35.1 Å². The van der Waals surface area contributed by atoms with E-state index in [2.05, 4.69) is 5.32 Å². The molecule has 1 fully saturated rings. The monoisotopic (exact) mass is 452 g/mol. The van der Waals surface area contributed by atoms with Crippen LogP contribution in [0.15, 0.2) is 59.5 Å². The number of alkyl halides is 3. The first-order chi connectivity index (χ1) is 14.7. The summed E-state index contributed by atoms with van der Waals surface area (Å²) in [6, 6.07) is 14.6. The molecular weight excluding hydrogens is 429 g/mol. The van der Waals surface area contributed by atoms with Crippen LogP contribution in [0.2, 0.25) is 0 Å². The van der Waals surface area contributed by atoms with Crippen LogP contribution in [0.3, 0.4) is 0 Å². The lowest BCUT2D eigenvalue weighted by Crippen LogP contribution is -2.52. The van der Waals surface area contributed by atoms with Gasteiger partial charge < -0.3 is 15.1 Å². The second kappa shape index (κ2) is 10.1. The molecule has 2 aromatic carbocycles. The summed E-state index contributed by atoms with van der Waals surface area (Å²) in [5, 5.41) is 2.70. The summed E-state index contributed by atoms with van der Waals surface area (Å²) >= 11 is -0.198. The van der Waals surface area contributed by atoms with Gasteiger partial charge in [0.05, 0.1) is 6.54 Å². The van der Waals surface area contributed by atoms with Crippen molar-refractivity contribution in [2.24, 2.45) is 0 Å². The summed E-state index contributed by atoms with van der Waals surface area (Å²) < 4.78 is 37.2. The largest absolute Gasteiger partial charge is 0.446 e. The Labute approximate surface area is 183 Å². The number of benzene rings is 2. The Morgan fingerprint density at radius 3 is 2.19 bits per heavy atom. The van der Waals surface area contributed by atoms with Crippen molar-refractivity contribution in [3.8, 4) is 0 Å². The van der Waals surface area contributed by atoms with Gasteiger partial charge in [0.1, 0.15) is 0 Å². The quantitative estimate of drug-likeness (QED) is 0.694. The number of halogens is 3. The Bertz CT molecular complexity index is 886. The molecule has 1 aliphatic heterocycles. The molecule has 0 aliphatic carbocycles. The third-order valence-electron chi connectivity index (χ3n) is 4.88. The molecule has 1 heterocycles. The van der Waals surface area contributed by atoms with Crippen molar-refractivity contribution in [2.45, 2.75) is 10.4 Å². The van der Waals surface area contributed by atoms with Crippen LogP contribution < -0.4 is 10.2 Å². The fourth-order valence-corrected chi connectivity index (χ4v) is 3.68. The topological polar surface area (TPSA) is 55.9 Å². The summed E-state index contributed by atoms with van der Waals surface area (Å²) in [5.74, 6) is -0.0269. The molecule has 1 aliphatic rings.